The number of rotatable bonds is 9. The predicted octanol–water partition coefficient (Wildman–Crippen LogP) is 3.24. The molecule has 0 spiro atoms. The fourth-order valence-electron chi connectivity index (χ4n) is 2.21. The Balaban J connectivity index is 0.00000484. The molecular formula is C17H27ClN2O3. The molecule has 1 aromatic rings. The van der Waals surface area contributed by atoms with Crippen molar-refractivity contribution in [2.75, 3.05) is 19.4 Å². The van der Waals surface area contributed by atoms with Gasteiger partial charge in [0.15, 0.2) is 0 Å². The molecule has 0 unspecified atom stereocenters. The second-order valence-electron chi connectivity index (χ2n) is 5.42. The third-order valence-corrected chi connectivity index (χ3v) is 3.58. The predicted molar refractivity (Wildman–Crippen MR) is 94.9 cm³/mol. The van der Waals surface area contributed by atoms with Gasteiger partial charge in [0.2, 0.25) is 0 Å². The van der Waals surface area contributed by atoms with Crippen LogP contribution in [-0.2, 0) is 9.53 Å². The van der Waals surface area contributed by atoms with E-state index in [1.54, 1.807) is 12.1 Å². The summed E-state index contributed by atoms with van der Waals surface area (Å²) in [5.41, 5.74) is 7.87. The Morgan fingerprint density at radius 1 is 1.13 bits per heavy atom. The highest BCUT2D eigenvalue weighted by Crippen LogP contribution is 2.12. The van der Waals surface area contributed by atoms with Crippen LogP contribution in [0.5, 0.6) is 0 Å². The Labute approximate surface area is 144 Å². The molecule has 5 nitrogen and oxygen atoms in total. The molecule has 0 bridgehead atoms. The van der Waals surface area contributed by atoms with E-state index in [2.05, 4.69) is 10.1 Å². The van der Waals surface area contributed by atoms with E-state index in [-0.39, 0.29) is 24.3 Å². The number of halogens is 1. The fourth-order valence-corrected chi connectivity index (χ4v) is 2.21. The standard InChI is InChI=1S/C17H26N2O3.ClH/c1-13-9-10-14(18)12-15(13)17(21)19-11-7-5-3-4-6-8-16(20)22-2;/h9-10,12H,3-8,11,18H2,1-2H3,(H,19,21);1H. The summed E-state index contributed by atoms with van der Waals surface area (Å²) in [6.45, 7) is 2.56. The van der Waals surface area contributed by atoms with Gasteiger partial charge in [-0.25, -0.2) is 0 Å². The summed E-state index contributed by atoms with van der Waals surface area (Å²) in [6, 6.07) is 5.35. The van der Waals surface area contributed by atoms with Crippen LogP contribution in [0, 0.1) is 6.92 Å². The molecule has 0 aliphatic heterocycles. The van der Waals surface area contributed by atoms with E-state index in [9.17, 15) is 9.59 Å². The quantitative estimate of drug-likeness (QED) is 0.410. The van der Waals surface area contributed by atoms with Crippen molar-refractivity contribution in [1.29, 1.82) is 0 Å². The number of ether oxygens (including phenoxy) is 1. The van der Waals surface area contributed by atoms with Gasteiger partial charge in [0, 0.05) is 24.2 Å². The smallest absolute Gasteiger partial charge is 0.305 e. The molecule has 0 saturated carbocycles. The molecule has 0 atom stereocenters. The van der Waals surface area contributed by atoms with Crippen LogP contribution >= 0.6 is 12.4 Å². The number of anilines is 1. The normalized spacial score (nSPS) is 9.83. The highest BCUT2D eigenvalue weighted by atomic mass is 35.5. The number of unbranched alkanes of at least 4 members (excludes halogenated alkanes) is 4. The maximum absolute atomic E-state index is 12.0. The van der Waals surface area contributed by atoms with Crippen molar-refractivity contribution in [2.24, 2.45) is 0 Å². The second kappa shape index (κ2) is 11.8. The molecule has 0 saturated heterocycles. The minimum atomic E-state index is -0.148. The number of nitrogens with two attached hydrogens (primary N) is 1. The van der Waals surface area contributed by atoms with Crippen LogP contribution in [0.15, 0.2) is 18.2 Å². The SMILES string of the molecule is COC(=O)CCCCCCCNC(=O)c1cc(N)ccc1C.Cl. The van der Waals surface area contributed by atoms with Crippen molar-refractivity contribution in [3.8, 4) is 0 Å². The number of amides is 1. The Morgan fingerprint density at radius 2 is 1.78 bits per heavy atom. The van der Waals surface area contributed by atoms with E-state index >= 15 is 0 Å². The first-order valence-electron chi connectivity index (χ1n) is 7.75. The number of benzene rings is 1. The van der Waals surface area contributed by atoms with Crippen molar-refractivity contribution in [3.05, 3.63) is 29.3 Å². The molecule has 1 rings (SSSR count). The Morgan fingerprint density at radius 3 is 2.48 bits per heavy atom. The van der Waals surface area contributed by atoms with Gasteiger partial charge in [0.25, 0.3) is 5.91 Å². The number of hydrogen-bond acceptors (Lipinski definition) is 4. The van der Waals surface area contributed by atoms with Crippen molar-refractivity contribution in [2.45, 2.75) is 45.4 Å². The molecule has 0 aliphatic carbocycles. The van der Waals surface area contributed by atoms with Crippen LogP contribution in [0.3, 0.4) is 0 Å². The minimum absolute atomic E-state index is 0. The molecule has 1 amide bonds. The van der Waals surface area contributed by atoms with Crippen molar-refractivity contribution in [1.82, 2.24) is 5.32 Å². The molecule has 0 fully saturated rings. The summed E-state index contributed by atoms with van der Waals surface area (Å²) in [5.74, 6) is -0.222. The van der Waals surface area contributed by atoms with Gasteiger partial charge in [-0.2, -0.15) is 0 Å². The van der Waals surface area contributed by atoms with Crippen LogP contribution in [0.1, 0.15) is 54.4 Å². The first-order chi connectivity index (χ1) is 10.5. The number of methoxy groups -OCH3 is 1. The van der Waals surface area contributed by atoms with E-state index in [1.807, 2.05) is 13.0 Å². The lowest BCUT2D eigenvalue weighted by molar-refractivity contribution is -0.140. The van der Waals surface area contributed by atoms with Crippen molar-refractivity contribution < 1.29 is 14.3 Å². The topological polar surface area (TPSA) is 81.4 Å². The zero-order valence-corrected chi connectivity index (χ0v) is 14.7. The third kappa shape index (κ3) is 8.45. The van der Waals surface area contributed by atoms with Gasteiger partial charge < -0.3 is 15.8 Å². The maximum Gasteiger partial charge on any atom is 0.305 e. The van der Waals surface area contributed by atoms with Crippen LogP contribution in [0.25, 0.3) is 0 Å². The average molecular weight is 343 g/mol. The minimum Gasteiger partial charge on any atom is -0.469 e. The lowest BCUT2D eigenvalue weighted by atomic mass is 10.1. The summed E-state index contributed by atoms with van der Waals surface area (Å²) >= 11 is 0. The summed E-state index contributed by atoms with van der Waals surface area (Å²) in [7, 11) is 1.41. The van der Waals surface area contributed by atoms with E-state index in [0.717, 1.165) is 37.7 Å². The molecule has 1 aromatic carbocycles. The van der Waals surface area contributed by atoms with E-state index in [4.69, 9.17) is 5.73 Å². The number of aryl methyl sites for hydroxylation is 1. The molecule has 0 aliphatic rings. The molecule has 0 radical (unpaired) electrons. The van der Waals surface area contributed by atoms with Crippen molar-refractivity contribution >= 4 is 30.0 Å². The van der Waals surface area contributed by atoms with Crippen LogP contribution in [0.2, 0.25) is 0 Å². The molecule has 130 valence electrons. The number of carbonyl (C=O) groups is 2. The molecule has 3 N–H and O–H groups in total. The molecule has 0 aromatic heterocycles. The maximum atomic E-state index is 12.0. The Hall–Kier alpha value is -1.75. The molecular weight excluding hydrogens is 316 g/mol. The fraction of sp³-hybridized carbons (Fsp3) is 0.529. The first-order valence-corrected chi connectivity index (χ1v) is 7.75. The zero-order valence-electron chi connectivity index (χ0n) is 13.9. The Kier molecular flexibility index (Phi) is 10.9. The average Bonchev–Trinajstić information content (AvgIpc) is 2.51. The van der Waals surface area contributed by atoms with Gasteiger partial charge in [-0.1, -0.05) is 25.3 Å². The number of carbonyl (C=O) groups excluding carboxylic acids is 2. The number of nitrogens with one attached hydrogen (secondary N) is 1. The van der Waals surface area contributed by atoms with Gasteiger partial charge in [0.05, 0.1) is 7.11 Å². The van der Waals surface area contributed by atoms with Gasteiger partial charge in [-0.3, -0.25) is 9.59 Å². The van der Waals surface area contributed by atoms with Gasteiger partial charge in [-0.15, -0.1) is 12.4 Å². The number of nitrogen functional groups attached to an aromatic ring is 1. The highest BCUT2D eigenvalue weighted by Gasteiger charge is 2.08. The lowest BCUT2D eigenvalue weighted by Gasteiger charge is -2.08. The summed E-state index contributed by atoms with van der Waals surface area (Å²) < 4.78 is 4.59. The van der Waals surface area contributed by atoms with Gasteiger partial charge in [0.1, 0.15) is 0 Å². The van der Waals surface area contributed by atoms with Gasteiger partial charge >= 0.3 is 5.97 Å². The highest BCUT2D eigenvalue weighted by molar-refractivity contribution is 5.96. The van der Waals surface area contributed by atoms with Crippen LogP contribution in [0.4, 0.5) is 5.69 Å². The largest absolute Gasteiger partial charge is 0.469 e. The molecule has 23 heavy (non-hydrogen) atoms. The summed E-state index contributed by atoms with van der Waals surface area (Å²) in [4.78, 5) is 23.0. The van der Waals surface area contributed by atoms with E-state index < -0.39 is 0 Å². The van der Waals surface area contributed by atoms with E-state index in [1.165, 1.54) is 7.11 Å². The monoisotopic (exact) mass is 342 g/mol. The molecule has 0 heterocycles. The van der Waals surface area contributed by atoms with Crippen LogP contribution in [-0.4, -0.2) is 25.5 Å². The van der Waals surface area contributed by atoms with Crippen molar-refractivity contribution in [3.63, 3.8) is 0 Å². The number of esters is 1. The van der Waals surface area contributed by atoms with Gasteiger partial charge in [-0.05, 0) is 37.5 Å². The summed E-state index contributed by atoms with van der Waals surface area (Å²) in [5, 5.41) is 2.92. The summed E-state index contributed by atoms with van der Waals surface area (Å²) in [6.07, 6.45) is 5.40. The molecule has 6 heteroatoms. The third-order valence-electron chi connectivity index (χ3n) is 3.58. The second-order valence-corrected chi connectivity index (χ2v) is 5.42. The number of hydrogen-bond donors (Lipinski definition) is 2. The first kappa shape index (κ1) is 21.2. The lowest BCUT2D eigenvalue weighted by Crippen LogP contribution is -2.25. The van der Waals surface area contributed by atoms with Crippen LogP contribution < -0.4 is 11.1 Å². The zero-order chi connectivity index (χ0) is 16.4. The Bertz CT molecular complexity index is 507. The van der Waals surface area contributed by atoms with E-state index in [0.29, 0.717) is 24.2 Å².